The Labute approximate surface area is 202 Å². The van der Waals surface area contributed by atoms with E-state index < -0.39 is 0 Å². The largest absolute Gasteiger partial charge is 0.192 e. The molecule has 0 amide bonds. The first-order valence-electron chi connectivity index (χ1n) is 13.4. The fourth-order valence-electron chi connectivity index (χ4n) is 4.97. The maximum atomic E-state index is 9.63. The van der Waals surface area contributed by atoms with E-state index in [9.17, 15) is 5.26 Å². The Kier molecular flexibility index (Phi) is 10.6. The monoisotopic (exact) mass is 439 g/mol. The predicted octanol–water partition coefficient (Wildman–Crippen LogP) is 8.74. The number of unbranched alkanes of at least 4 members (excludes halogenated alkanes) is 5. The SMILES string of the molecule is CCCCCCCc1ccc(C#C[C@H]2CC[C@H](c3ccc(CCCC)cc3)CC2)c(C#N)c1. The Balaban J connectivity index is 1.51. The van der Waals surface area contributed by atoms with E-state index in [-0.39, 0.29) is 0 Å². The lowest BCUT2D eigenvalue weighted by molar-refractivity contribution is 0.384. The van der Waals surface area contributed by atoms with Crippen molar-refractivity contribution >= 4 is 0 Å². The molecule has 0 heterocycles. The van der Waals surface area contributed by atoms with Gasteiger partial charge in [-0.15, -0.1) is 0 Å². The van der Waals surface area contributed by atoms with Crippen LogP contribution in [0, 0.1) is 29.1 Å². The van der Waals surface area contributed by atoms with Crippen LogP contribution >= 0.6 is 0 Å². The van der Waals surface area contributed by atoms with Crippen molar-refractivity contribution in [3.8, 4) is 17.9 Å². The summed E-state index contributed by atoms with van der Waals surface area (Å²) >= 11 is 0. The number of hydrogen-bond donors (Lipinski definition) is 0. The van der Waals surface area contributed by atoms with E-state index in [1.54, 1.807) is 0 Å². The Bertz CT molecular complexity index is 943. The van der Waals surface area contributed by atoms with Crippen LogP contribution in [0.5, 0.6) is 0 Å². The Morgan fingerprint density at radius 3 is 2.09 bits per heavy atom. The minimum absolute atomic E-state index is 0.454. The molecule has 0 bridgehead atoms. The van der Waals surface area contributed by atoms with E-state index in [1.807, 2.05) is 0 Å². The van der Waals surface area contributed by atoms with Gasteiger partial charge in [0, 0.05) is 11.5 Å². The maximum Gasteiger partial charge on any atom is 0.100 e. The summed E-state index contributed by atoms with van der Waals surface area (Å²) in [6, 6.07) is 18.0. The summed E-state index contributed by atoms with van der Waals surface area (Å²) < 4.78 is 0. The minimum Gasteiger partial charge on any atom is -0.192 e. The van der Waals surface area contributed by atoms with Crippen LogP contribution in [-0.2, 0) is 12.8 Å². The van der Waals surface area contributed by atoms with Gasteiger partial charge in [-0.1, -0.05) is 88.1 Å². The van der Waals surface area contributed by atoms with E-state index in [4.69, 9.17) is 0 Å². The molecule has 1 fully saturated rings. The van der Waals surface area contributed by atoms with Crippen molar-refractivity contribution in [2.45, 2.75) is 103 Å². The van der Waals surface area contributed by atoms with Gasteiger partial charge in [-0.25, -0.2) is 0 Å². The zero-order valence-corrected chi connectivity index (χ0v) is 20.8. The third-order valence-corrected chi connectivity index (χ3v) is 7.18. The molecule has 0 N–H and O–H groups in total. The van der Waals surface area contributed by atoms with Crippen LogP contribution < -0.4 is 0 Å². The summed E-state index contributed by atoms with van der Waals surface area (Å²) in [5.41, 5.74) is 5.88. The second-order valence-corrected chi connectivity index (χ2v) is 9.82. The molecule has 2 aromatic carbocycles. The van der Waals surface area contributed by atoms with Gasteiger partial charge >= 0.3 is 0 Å². The summed E-state index contributed by atoms with van der Waals surface area (Å²) in [6.07, 6.45) is 16.0. The predicted molar refractivity (Wildman–Crippen MR) is 140 cm³/mol. The zero-order chi connectivity index (χ0) is 23.3. The van der Waals surface area contributed by atoms with E-state index in [0.29, 0.717) is 11.8 Å². The lowest BCUT2D eigenvalue weighted by atomic mass is 9.78. The molecule has 33 heavy (non-hydrogen) atoms. The first kappa shape index (κ1) is 25.1. The van der Waals surface area contributed by atoms with Crippen molar-refractivity contribution in [1.29, 1.82) is 5.26 Å². The van der Waals surface area contributed by atoms with Gasteiger partial charge in [-0.2, -0.15) is 5.26 Å². The molecule has 1 saturated carbocycles. The van der Waals surface area contributed by atoms with Gasteiger partial charge in [-0.05, 0) is 86.1 Å². The van der Waals surface area contributed by atoms with Gasteiger partial charge in [-0.3, -0.25) is 0 Å². The average Bonchev–Trinajstić information content (AvgIpc) is 2.87. The highest BCUT2D eigenvalue weighted by molar-refractivity contribution is 5.50. The first-order valence-corrected chi connectivity index (χ1v) is 13.4. The van der Waals surface area contributed by atoms with Gasteiger partial charge in [0.2, 0.25) is 0 Å². The molecule has 1 aliphatic rings. The maximum absolute atomic E-state index is 9.63. The Morgan fingerprint density at radius 1 is 0.727 bits per heavy atom. The molecule has 2 aromatic rings. The van der Waals surface area contributed by atoms with E-state index in [0.717, 1.165) is 30.4 Å². The fraction of sp³-hybridized carbons (Fsp3) is 0.531. The lowest BCUT2D eigenvalue weighted by Crippen LogP contribution is -2.12. The molecule has 0 unspecified atom stereocenters. The third-order valence-electron chi connectivity index (χ3n) is 7.18. The van der Waals surface area contributed by atoms with Crippen LogP contribution in [0.1, 0.15) is 118 Å². The summed E-state index contributed by atoms with van der Waals surface area (Å²) in [7, 11) is 0. The zero-order valence-electron chi connectivity index (χ0n) is 20.8. The van der Waals surface area contributed by atoms with Crippen LogP contribution in [0.2, 0.25) is 0 Å². The van der Waals surface area contributed by atoms with Crippen molar-refractivity contribution in [2.75, 3.05) is 0 Å². The molecular weight excluding hydrogens is 398 g/mol. The van der Waals surface area contributed by atoms with Crippen LogP contribution in [0.3, 0.4) is 0 Å². The molecule has 174 valence electrons. The van der Waals surface area contributed by atoms with E-state index in [1.165, 1.54) is 80.9 Å². The number of benzene rings is 2. The molecule has 1 aliphatic carbocycles. The summed E-state index contributed by atoms with van der Waals surface area (Å²) in [5, 5.41) is 9.63. The van der Waals surface area contributed by atoms with Crippen molar-refractivity contribution in [3.05, 3.63) is 70.3 Å². The summed E-state index contributed by atoms with van der Waals surface area (Å²) in [4.78, 5) is 0. The first-order chi connectivity index (χ1) is 16.2. The van der Waals surface area contributed by atoms with Crippen molar-refractivity contribution < 1.29 is 0 Å². The standard InChI is InChI=1S/C32H41N/c1-3-5-7-8-9-11-28-17-23-31(32(24-28)25-33)22-16-27-14-20-30(21-15-27)29-18-12-26(13-19-29)10-6-4-2/h12-13,17-19,23-24,27,30H,3-11,14-15,20-21H2,1-2H3/t27-,30-. The molecule has 1 heteroatoms. The van der Waals surface area contributed by atoms with Crippen LogP contribution in [0.25, 0.3) is 0 Å². The normalized spacial score (nSPS) is 17.7. The van der Waals surface area contributed by atoms with Gasteiger partial charge in [0.1, 0.15) is 6.07 Å². The highest BCUT2D eigenvalue weighted by Crippen LogP contribution is 2.35. The molecule has 0 radical (unpaired) electrons. The van der Waals surface area contributed by atoms with E-state index in [2.05, 4.69) is 74.2 Å². The fourth-order valence-corrected chi connectivity index (χ4v) is 4.97. The highest BCUT2D eigenvalue weighted by atomic mass is 14.3. The second kappa shape index (κ2) is 13.9. The van der Waals surface area contributed by atoms with Gasteiger partial charge < -0.3 is 0 Å². The van der Waals surface area contributed by atoms with Gasteiger partial charge in [0.05, 0.1) is 5.56 Å². The van der Waals surface area contributed by atoms with Crippen LogP contribution in [0.15, 0.2) is 42.5 Å². The lowest BCUT2D eigenvalue weighted by Gasteiger charge is -2.26. The van der Waals surface area contributed by atoms with Crippen molar-refractivity contribution in [1.82, 2.24) is 0 Å². The molecular formula is C32H41N. The van der Waals surface area contributed by atoms with Crippen LogP contribution in [0.4, 0.5) is 0 Å². The van der Waals surface area contributed by atoms with Gasteiger partial charge in [0.15, 0.2) is 0 Å². The second-order valence-electron chi connectivity index (χ2n) is 9.82. The third kappa shape index (κ3) is 8.09. The number of rotatable bonds is 10. The Morgan fingerprint density at radius 2 is 1.39 bits per heavy atom. The smallest absolute Gasteiger partial charge is 0.100 e. The summed E-state index contributed by atoms with van der Waals surface area (Å²) in [5.74, 6) is 7.98. The quantitative estimate of drug-likeness (QED) is 0.268. The number of aryl methyl sites for hydroxylation is 2. The number of nitriles is 1. The molecule has 0 spiro atoms. The van der Waals surface area contributed by atoms with Crippen molar-refractivity contribution in [3.63, 3.8) is 0 Å². The topological polar surface area (TPSA) is 23.8 Å². The molecule has 0 aromatic heterocycles. The van der Waals surface area contributed by atoms with Gasteiger partial charge in [0.25, 0.3) is 0 Å². The molecule has 0 atom stereocenters. The average molecular weight is 440 g/mol. The Hall–Kier alpha value is -2.51. The molecule has 0 saturated heterocycles. The highest BCUT2D eigenvalue weighted by Gasteiger charge is 2.21. The minimum atomic E-state index is 0.454. The molecule has 3 rings (SSSR count). The molecule has 0 aliphatic heterocycles. The summed E-state index contributed by atoms with van der Waals surface area (Å²) in [6.45, 7) is 4.50. The molecule has 1 nitrogen and oxygen atoms in total. The van der Waals surface area contributed by atoms with Crippen LogP contribution in [-0.4, -0.2) is 0 Å². The van der Waals surface area contributed by atoms with E-state index >= 15 is 0 Å². The van der Waals surface area contributed by atoms with Crippen molar-refractivity contribution in [2.24, 2.45) is 5.92 Å². The number of nitrogens with zero attached hydrogens (tertiary/aromatic N) is 1. The number of hydrogen-bond acceptors (Lipinski definition) is 1.